The largest absolute Gasteiger partial charge is 0.381 e. The van der Waals surface area contributed by atoms with Gasteiger partial charge in [-0.2, -0.15) is 0 Å². The molecular formula is C19H22N4O4. The normalized spacial score (nSPS) is 20.9. The third-order valence-electron chi connectivity index (χ3n) is 5.17. The van der Waals surface area contributed by atoms with Crippen LogP contribution in [-0.2, 0) is 9.53 Å². The number of aromatic nitrogens is 2. The lowest BCUT2D eigenvalue weighted by Crippen LogP contribution is -2.46. The SMILES string of the molecule is Cc1onc(-c2ccccn2)c1C(=O)NC1CCN(C2CCOCC2)C1=O. The number of pyridine rings is 1. The molecule has 2 fully saturated rings. The van der Waals surface area contributed by atoms with Crippen LogP contribution in [0.2, 0.25) is 0 Å². The molecule has 0 spiro atoms. The van der Waals surface area contributed by atoms with Gasteiger partial charge in [-0.25, -0.2) is 0 Å². The highest BCUT2D eigenvalue weighted by Gasteiger charge is 2.38. The molecule has 0 bridgehead atoms. The fourth-order valence-electron chi connectivity index (χ4n) is 3.74. The molecule has 2 aliphatic rings. The molecule has 1 N–H and O–H groups in total. The summed E-state index contributed by atoms with van der Waals surface area (Å²) in [6, 6.07) is 5.06. The molecule has 2 aromatic rings. The van der Waals surface area contributed by atoms with Crippen molar-refractivity contribution < 1.29 is 18.8 Å². The van der Waals surface area contributed by atoms with Crippen molar-refractivity contribution in [3.05, 3.63) is 35.7 Å². The molecule has 0 aliphatic carbocycles. The van der Waals surface area contributed by atoms with Crippen LogP contribution in [0.15, 0.2) is 28.9 Å². The van der Waals surface area contributed by atoms with E-state index in [1.807, 2.05) is 11.0 Å². The van der Waals surface area contributed by atoms with Crippen molar-refractivity contribution in [3.8, 4) is 11.4 Å². The number of aryl methyl sites for hydroxylation is 1. The van der Waals surface area contributed by atoms with Crippen LogP contribution in [0.1, 0.15) is 35.4 Å². The summed E-state index contributed by atoms with van der Waals surface area (Å²) in [5, 5.41) is 6.84. The molecule has 2 saturated heterocycles. The third kappa shape index (κ3) is 3.44. The summed E-state index contributed by atoms with van der Waals surface area (Å²) >= 11 is 0. The highest BCUT2D eigenvalue weighted by Crippen LogP contribution is 2.25. The topological polar surface area (TPSA) is 97.6 Å². The zero-order chi connectivity index (χ0) is 18.8. The lowest BCUT2D eigenvalue weighted by molar-refractivity contribution is -0.132. The molecule has 8 heteroatoms. The van der Waals surface area contributed by atoms with Gasteiger partial charge in [-0.15, -0.1) is 0 Å². The van der Waals surface area contributed by atoms with E-state index in [1.54, 1.807) is 25.3 Å². The Morgan fingerprint density at radius 1 is 1.26 bits per heavy atom. The van der Waals surface area contributed by atoms with E-state index in [2.05, 4.69) is 15.5 Å². The van der Waals surface area contributed by atoms with Gasteiger partial charge < -0.3 is 19.5 Å². The van der Waals surface area contributed by atoms with Crippen molar-refractivity contribution in [2.24, 2.45) is 0 Å². The number of nitrogens with one attached hydrogen (secondary N) is 1. The maximum absolute atomic E-state index is 12.9. The van der Waals surface area contributed by atoms with E-state index in [1.165, 1.54) is 0 Å². The average Bonchev–Trinajstić information content (AvgIpc) is 3.26. The highest BCUT2D eigenvalue weighted by molar-refractivity contribution is 6.02. The van der Waals surface area contributed by atoms with Crippen LogP contribution in [0.4, 0.5) is 0 Å². The summed E-state index contributed by atoms with van der Waals surface area (Å²) in [7, 11) is 0. The number of hydrogen-bond donors (Lipinski definition) is 1. The van der Waals surface area contributed by atoms with Crippen LogP contribution in [0.25, 0.3) is 11.4 Å². The molecule has 4 rings (SSSR count). The minimum Gasteiger partial charge on any atom is -0.381 e. The second kappa shape index (κ2) is 7.48. The molecule has 0 radical (unpaired) electrons. The fraction of sp³-hybridized carbons (Fsp3) is 0.474. The van der Waals surface area contributed by atoms with E-state index >= 15 is 0 Å². The van der Waals surface area contributed by atoms with Gasteiger partial charge in [-0.05, 0) is 38.3 Å². The molecule has 0 saturated carbocycles. The summed E-state index contributed by atoms with van der Waals surface area (Å²) in [6.07, 6.45) is 3.93. The monoisotopic (exact) mass is 370 g/mol. The first-order valence-corrected chi connectivity index (χ1v) is 9.22. The van der Waals surface area contributed by atoms with Crippen molar-refractivity contribution in [2.45, 2.75) is 38.3 Å². The standard InChI is InChI=1S/C19H22N4O4/c1-12-16(17(22-27-12)14-4-2-3-8-20-14)18(24)21-15-5-9-23(19(15)25)13-6-10-26-11-7-13/h2-4,8,13,15H,5-7,9-11H2,1H3,(H,21,24). The second-order valence-electron chi connectivity index (χ2n) is 6.87. The van der Waals surface area contributed by atoms with E-state index in [0.29, 0.717) is 48.9 Å². The fourth-order valence-corrected chi connectivity index (χ4v) is 3.74. The van der Waals surface area contributed by atoms with Gasteiger partial charge in [0.2, 0.25) is 5.91 Å². The molecule has 27 heavy (non-hydrogen) atoms. The van der Waals surface area contributed by atoms with Crippen LogP contribution < -0.4 is 5.32 Å². The minimum absolute atomic E-state index is 0.0243. The maximum Gasteiger partial charge on any atom is 0.257 e. The van der Waals surface area contributed by atoms with Gasteiger partial charge in [0.05, 0.1) is 5.69 Å². The van der Waals surface area contributed by atoms with E-state index < -0.39 is 6.04 Å². The number of ether oxygens (including phenoxy) is 1. The predicted molar refractivity (Wildman–Crippen MR) is 95.9 cm³/mol. The molecule has 2 aromatic heterocycles. The Kier molecular flexibility index (Phi) is 4.89. The Balaban J connectivity index is 1.49. The minimum atomic E-state index is -0.522. The van der Waals surface area contributed by atoms with Crippen LogP contribution >= 0.6 is 0 Å². The van der Waals surface area contributed by atoms with Gasteiger partial charge in [-0.3, -0.25) is 14.6 Å². The van der Waals surface area contributed by atoms with Crippen LogP contribution in [0, 0.1) is 6.92 Å². The number of rotatable bonds is 4. The third-order valence-corrected chi connectivity index (χ3v) is 5.17. The van der Waals surface area contributed by atoms with Crippen molar-refractivity contribution in [1.82, 2.24) is 20.4 Å². The molecule has 8 nitrogen and oxygen atoms in total. The Morgan fingerprint density at radius 3 is 2.81 bits per heavy atom. The summed E-state index contributed by atoms with van der Waals surface area (Å²) in [5.74, 6) is 0.0187. The highest BCUT2D eigenvalue weighted by atomic mass is 16.5. The average molecular weight is 370 g/mol. The van der Waals surface area contributed by atoms with E-state index in [-0.39, 0.29) is 17.9 Å². The first-order valence-electron chi connectivity index (χ1n) is 9.22. The lowest BCUT2D eigenvalue weighted by Gasteiger charge is -2.31. The van der Waals surface area contributed by atoms with Gasteiger partial charge in [0, 0.05) is 32.0 Å². The Bertz CT molecular complexity index is 829. The van der Waals surface area contributed by atoms with Gasteiger partial charge >= 0.3 is 0 Å². The Morgan fingerprint density at radius 2 is 2.07 bits per heavy atom. The number of hydrogen-bond acceptors (Lipinski definition) is 6. The van der Waals surface area contributed by atoms with Gasteiger partial charge in [0.15, 0.2) is 0 Å². The number of likely N-dealkylation sites (tertiary alicyclic amines) is 1. The first kappa shape index (κ1) is 17.7. The number of nitrogens with zero attached hydrogens (tertiary/aromatic N) is 3. The summed E-state index contributed by atoms with van der Waals surface area (Å²) in [4.78, 5) is 31.8. The summed E-state index contributed by atoms with van der Waals surface area (Å²) in [6.45, 7) is 3.70. The van der Waals surface area contributed by atoms with Crippen LogP contribution in [0.3, 0.4) is 0 Å². The molecule has 1 atom stereocenters. The second-order valence-corrected chi connectivity index (χ2v) is 6.87. The summed E-state index contributed by atoms with van der Waals surface area (Å²) in [5.41, 5.74) is 1.27. The summed E-state index contributed by atoms with van der Waals surface area (Å²) < 4.78 is 10.6. The van der Waals surface area contributed by atoms with E-state index in [9.17, 15) is 9.59 Å². The van der Waals surface area contributed by atoms with Crippen molar-refractivity contribution in [2.75, 3.05) is 19.8 Å². The molecule has 4 heterocycles. The Labute approximate surface area is 156 Å². The quantitative estimate of drug-likeness (QED) is 0.877. The number of carbonyl (C=O) groups is 2. The Hall–Kier alpha value is -2.74. The molecule has 142 valence electrons. The number of amides is 2. The lowest BCUT2D eigenvalue weighted by atomic mass is 10.1. The van der Waals surface area contributed by atoms with Crippen molar-refractivity contribution in [3.63, 3.8) is 0 Å². The first-order chi connectivity index (χ1) is 13.1. The zero-order valence-electron chi connectivity index (χ0n) is 15.2. The van der Waals surface area contributed by atoms with Crippen molar-refractivity contribution >= 4 is 11.8 Å². The molecule has 2 amide bonds. The zero-order valence-corrected chi connectivity index (χ0v) is 15.2. The molecule has 0 aromatic carbocycles. The van der Waals surface area contributed by atoms with Crippen LogP contribution in [-0.4, -0.2) is 58.7 Å². The maximum atomic E-state index is 12.9. The van der Waals surface area contributed by atoms with Gasteiger partial charge in [-0.1, -0.05) is 11.2 Å². The molecular weight excluding hydrogens is 348 g/mol. The molecule has 1 unspecified atom stereocenters. The molecule has 2 aliphatic heterocycles. The number of carbonyl (C=O) groups excluding carboxylic acids is 2. The van der Waals surface area contributed by atoms with Gasteiger partial charge in [0.1, 0.15) is 23.1 Å². The van der Waals surface area contributed by atoms with Gasteiger partial charge in [0.25, 0.3) is 5.91 Å². The van der Waals surface area contributed by atoms with E-state index in [0.717, 1.165) is 12.8 Å². The predicted octanol–water partition coefficient (Wildman–Crippen LogP) is 1.55. The van der Waals surface area contributed by atoms with E-state index in [4.69, 9.17) is 9.26 Å². The smallest absolute Gasteiger partial charge is 0.257 e. The van der Waals surface area contributed by atoms with Crippen molar-refractivity contribution in [1.29, 1.82) is 0 Å². The van der Waals surface area contributed by atoms with Crippen LogP contribution in [0.5, 0.6) is 0 Å².